The molecule has 36 heavy (non-hydrogen) atoms. The number of hydrogen-bond donors (Lipinski definition) is 1. The van der Waals surface area contributed by atoms with Gasteiger partial charge in [-0.05, 0) is 54.3 Å². The molecule has 4 aromatic rings. The van der Waals surface area contributed by atoms with Gasteiger partial charge in [-0.3, -0.25) is 9.59 Å². The zero-order valence-corrected chi connectivity index (χ0v) is 21.5. The molecule has 0 bridgehead atoms. The Morgan fingerprint density at radius 3 is 2.22 bits per heavy atom. The average molecular weight is 497 g/mol. The fraction of sp³-hybridized carbons (Fsp3) is 0.290. The van der Waals surface area contributed by atoms with Crippen LogP contribution in [0.3, 0.4) is 0 Å². The first kappa shape index (κ1) is 24.3. The van der Waals surface area contributed by atoms with Crippen molar-refractivity contribution in [3.05, 3.63) is 106 Å². The molecule has 1 aromatic heterocycles. The van der Waals surface area contributed by atoms with Gasteiger partial charge in [-0.1, -0.05) is 78.9 Å². The van der Waals surface area contributed by atoms with Crippen molar-refractivity contribution in [2.75, 3.05) is 13.1 Å². The van der Waals surface area contributed by atoms with Crippen molar-refractivity contribution in [3.8, 4) is 0 Å². The predicted octanol–water partition coefficient (Wildman–Crippen LogP) is 6.02. The van der Waals surface area contributed by atoms with Crippen molar-refractivity contribution in [3.63, 3.8) is 0 Å². The lowest BCUT2D eigenvalue weighted by Crippen LogP contribution is -2.52. The second-order valence-corrected chi connectivity index (χ2v) is 10.8. The number of amides is 2. The van der Waals surface area contributed by atoms with E-state index in [-0.39, 0.29) is 11.8 Å². The molecule has 0 spiro atoms. The third-order valence-electron chi connectivity index (χ3n) is 7.55. The number of thiophene rings is 1. The van der Waals surface area contributed by atoms with Crippen LogP contribution in [-0.2, 0) is 28.0 Å². The van der Waals surface area contributed by atoms with Crippen LogP contribution >= 0.6 is 11.3 Å². The Balaban J connectivity index is 1.28. The minimum absolute atomic E-state index is 0.0574. The zero-order valence-electron chi connectivity index (χ0n) is 20.7. The van der Waals surface area contributed by atoms with E-state index in [0.717, 1.165) is 12.0 Å². The summed E-state index contributed by atoms with van der Waals surface area (Å²) in [5.74, 6) is 0.226. The second kappa shape index (κ2) is 10.7. The van der Waals surface area contributed by atoms with E-state index in [1.807, 2.05) is 41.3 Å². The average Bonchev–Trinajstić information content (AvgIpc) is 3.26. The van der Waals surface area contributed by atoms with Crippen molar-refractivity contribution in [1.29, 1.82) is 0 Å². The van der Waals surface area contributed by atoms with Gasteiger partial charge in [-0.2, -0.15) is 0 Å². The summed E-state index contributed by atoms with van der Waals surface area (Å²) in [6.45, 7) is 3.85. The summed E-state index contributed by atoms with van der Waals surface area (Å²) in [5.41, 5.74) is 2.83. The molecule has 0 unspecified atom stereocenters. The summed E-state index contributed by atoms with van der Waals surface area (Å²) >= 11 is 1.75. The van der Waals surface area contributed by atoms with Crippen molar-refractivity contribution in [1.82, 2.24) is 10.2 Å². The van der Waals surface area contributed by atoms with Crippen LogP contribution in [0.1, 0.15) is 40.8 Å². The molecular formula is C31H32N2O2S. The molecule has 1 aliphatic rings. The summed E-state index contributed by atoms with van der Waals surface area (Å²) in [6, 6.07) is 28.6. The molecule has 0 radical (unpaired) electrons. The van der Waals surface area contributed by atoms with Crippen molar-refractivity contribution >= 4 is 33.2 Å². The lowest BCUT2D eigenvalue weighted by Gasteiger charge is -2.41. The second-order valence-electron chi connectivity index (χ2n) is 9.64. The highest BCUT2D eigenvalue weighted by molar-refractivity contribution is 7.19. The SMILES string of the molecule is Cc1c(CNC(=O)C2(c3ccccc3)CCN(C(=O)CCc3ccccc3)CC2)sc2ccccc12. The largest absolute Gasteiger partial charge is 0.350 e. The first-order chi connectivity index (χ1) is 17.6. The van der Waals surface area contributed by atoms with E-state index in [9.17, 15) is 9.59 Å². The number of benzene rings is 3. The monoisotopic (exact) mass is 496 g/mol. The maximum atomic E-state index is 13.8. The Kier molecular flexibility index (Phi) is 7.19. The molecule has 1 saturated heterocycles. The van der Waals surface area contributed by atoms with Crippen LogP contribution in [-0.4, -0.2) is 29.8 Å². The molecule has 0 saturated carbocycles. The first-order valence-electron chi connectivity index (χ1n) is 12.7. The van der Waals surface area contributed by atoms with E-state index >= 15 is 0 Å². The summed E-state index contributed by atoms with van der Waals surface area (Å²) in [4.78, 5) is 29.9. The van der Waals surface area contributed by atoms with Gasteiger partial charge >= 0.3 is 0 Å². The summed E-state index contributed by atoms with van der Waals surface area (Å²) in [6.07, 6.45) is 2.51. The molecule has 1 fully saturated rings. The zero-order chi connectivity index (χ0) is 25.0. The van der Waals surface area contributed by atoms with Crippen LogP contribution in [0.4, 0.5) is 0 Å². The normalized spacial score (nSPS) is 15.1. The molecular weight excluding hydrogens is 464 g/mol. The summed E-state index contributed by atoms with van der Waals surface area (Å²) in [5, 5.41) is 4.52. The number of aryl methyl sites for hydroxylation is 2. The van der Waals surface area contributed by atoms with E-state index in [1.165, 1.54) is 26.1 Å². The van der Waals surface area contributed by atoms with E-state index in [4.69, 9.17) is 0 Å². The minimum atomic E-state index is -0.623. The number of likely N-dealkylation sites (tertiary alicyclic amines) is 1. The van der Waals surface area contributed by atoms with Crippen LogP contribution < -0.4 is 5.32 Å². The highest BCUT2D eigenvalue weighted by Crippen LogP contribution is 2.37. The Bertz CT molecular complexity index is 1340. The quantitative estimate of drug-likeness (QED) is 0.340. The molecule has 0 atom stereocenters. The number of nitrogens with one attached hydrogen (secondary N) is 1. The number of piperidine rings is 1. The Morgan fingerprint density at radius 1 is 0.889 bits per heavy atom. The Labute approximate surface area is 217 Å². The molecule has 2 amide bonds. The minimum Gasteiger partial charge on any atom is -0.350 e. The number of carbonyl (C=O) groups excluding carboxylic acids is 2. The van der Waals surface area contributed by atoms with E-state index in [1.54, 1.807) is 11.3 Å². The third-order valence-corrected chi connectivity index (χ3v) is 8.83. The van der Waals surface area contributed by atoms with Gasteiger partial charge in [0.25, 0.3) is 0 Å². The number of carbonyl (C=O) groups is 2. The molecule has 1 aliphatic heterocycles. The number of hydrogen-bond acceptors (Lipinski definition) is 3. The van der Waals surface area contributed by atoms with Crippen LogP contribution in [0.15, 0.2) is 84.9 Å². The molecule has 2 heterocycles. The predicted molar refractivity (Wildman–Crippen MR) is 147 cm³/mol. The topological polar surface area (TPSA) is 49.4 Å². The maximum absolute atomic E-state index is 13.8. The molecule has 0 aliphatic carbocycles. The van der Waals surface area contributed by atoms with Crippen LogP contribution in [0.25, 0.3) is 10.1 Å². The molecule has 5 rings (SSSR count). The van der Waals surface area contributed by atoms with Gasteiger partial charge in [-0.15, -0.1) is 11.3 Å². The van der Waals surface area contributed by atoms with E-state index in [0.29, 0.717) is 38.9 Å². The number of fused-ring (bicyclic) bond motifs is 1. The molecule has 184 valence electrons. The summed E-state index contributed by atoms with van der Waals surface area (Å²) < 4.78 is 1.25. The third kappa shape index (κ3) is 4.93. The van der Waals surface area contributed by atoms with Crippen molar-refractivity contribution in [2.24, 2.45) is 0 Å². The van der Waals surface area contributed by atoms with Crippen LogP contribution in [0.5, 0.6) is 0 Å². The van der Waals surface area contributed by atoms with Crippen molar-refractivity contribution < 1.29 is 9.59 Å². The molecule has 3 aromatic carbocycles. The van der Waals surface area contributed by atoms with E-state index < -0.39 is 5.41 Å². The van der Waals surface area contributed by atoms with Gasteiger partial charge in [0.2, 0.25) is 11.8 Å². The first-order valence-corrected chi connectivity index (χ1v) is 13.5. The standard InChI is InChI=1S/C31H32N2O2S/c1-23-26-14-8-9-15-27(26)36-28(23)22-32-30(35)31(25-12-6-3-7-13-25)18-20-33(21-19-31)29(34)17-16-24-10-4-2-5-11-24/h2-15H,16-22H2,1H3,(H,32,35). The fourth-order valence-electron chi connectivity index (χ4n) is 5.32. The van der Waals surface area contributed by atoms with Gasteiger partial charge in [0.05, 0.1) is 12.0 Å². The van der Waals surface area contributed by atoms with Crippen molar-refractivity contribution in [2.45, 2.75) is 44.6 Å². The lowest BCUT2D eigenvalue weighted by molar-refractivity contribution is -0.137. The maximum Gasteiger partial charge on any atom is 0.231 e. The van der Waals surface area contributed by atoms with Gasteiger partial charge in [0.1, 0.15) is 0 Å². The fourth-order valence-corrected chi connectivity index (χ4v) is 6.47. The van der Waals surface area contributed by atoms with Crippen LogP contribution in [0.2, 0.25) is 0 Å². The van der Waals surface area contributed by atoms with E-state index in [2.05, 4.69) is 60.8 Å². The summed E-state index contributed by atoms with van der Waals surface area (Å²) in [7, 11) is 0. The Morgan fingerprint density at radius 2 is 1.53 bits per heavy atom. The number of rotatable bonds is 7. The van der Waals surface area contributed by atoms with Gasteiger partial charge in [0.15, 0.2) is 0 Å². The van der Waals surface area contributed by atoms with Gasteiger partial charge < -0.3 is 10.2 Å². The van der Waals surface area contributed by atoms with Gasteiger partial charge in [-0.25, -0.2) is 0 Å². The molecule has 1 N–H and O–H groups in total. The van der Waals surface area contributed by atoms with Gasteiger partial charge in [0, 0.05) is 29.1 Å². The van der Waals surface area contributed by atoms with Crippen LogP contribution in [0, 0.1) is 6.92 Å². The number of nitrogens with zero attached hydrogens (tertiary/aromatic N) is 1. The highest BCUT2D eigenvalue weighted by Gasteiger charge is 2.43. The smallest absolute Gasteiger partial charge is 0.231 e. The lowest BCUT2D eigenvalue weighted by atomic mass is 9.72. The molecule has 4 nitrogen and oxygen atoms in total. The highest BCUT2D eigenvalue weighted by atomic mass is 32.1. The molecule has 5 heteroatoms. The Hall–Kier alpha value is -3.44.